The Morgan fingerprint density at radius 1 is 1.00 bits per heavy atom. The molecule has 0 aliphatic heterocycles. The molecule has 0 aromatic heterocycles. The van der Waals surface area contributed by atoms with E-state index in [1.54, 1.807) is 19.9 Å². The van der Waals surface area contributed by atoms with Crippen molar-refractivity contribution in [1.29, 1.82) is 0 Å². The molecule has 0 bridgehead atoms. The zero-order valence-electron chi connectivity index (χ0n) is 12.7. The van der Waals surface area contributed by atoms with Crippen molar-refractivity contribution in [3.63, 3.8) is 0 Å². The van der Waals surface area contributed by atoms with Gasteiger partial charge in [0, 0.05) is 17.7 Å². The lowest BCUT2D eigenvalue weighted by Gasteiger charge is -2.20. The van der Waals surface area contributed by atoms with Gasteiger partial charge in [0.05, 0.1) is 11.7 Å². The van der Waals surface area contributed by atoms with Crippen LogP contribution in [0.15, 0.2) is 42.5 Å². The molecule has 0 radical (unpaired) electrons. The molecule has 0 aliphatic carbocycles. The van der Waals surface area contributed by atoms with E-state index in [9.17, 15) is 18.0 Å². The standard InChI is InChI=1S/C17H17F3N2O/c1-10(13-8-7-12(18)9-15(13)20)21-11(2)17(23)22-16-6-4-3-5-14(16)19/h3-11,21H,1-2H3,(H,22,23)/t10-,11+/m0/s1. The molecule has 0 saturated heterocycles. The molecule has 0 aliphatic rings. The van der Waals surface area contributed by atoms with Crippen LogP contribution >= 0.6 is 0 Å². The van der Waals surface area contributed by atoms with E-state index in [1.807, 2.05) is 0 Å². The van der Waals surface area contributed by atoms with E-state index in [4.69, 9.17) is 0 Å². The molecule has 0 saturated carbocycles. The van der Waals surface area contributed by atoms with Crippen molar-refractivity contribution >= 4 is 11.6 Å². The average Bonchev–Trinajstić information content (AvgIpc) is 2.49. The van der Waals surface area contributed by atoms with Crippen LogP contribution in [0.3, 0.4) is 0 Å². The van der Waals surface area contributed by atoms with E-state index in [1.165, 1.54) is 24.3 Å². The molecule has 0 unspecified atom stereocenters. The lowest BCUT2D eigenvalue weighted by molar-refractivity contribution is -0.118. The van der Waals surface area contributed by atoms with Crippen molar-refractivity contribution in [3.8, 4) is 0 Å². The summed E-state index contributed by atoms with van der Waals surface area (Å²) in [7, 11) is 0. The van der Waals surface area contributed by atoms with Crippen LogP contribution in [0, 0.1) is 17.5 Å². The van der Waals surface area contributed by atoms with Gasteiger partial charge in [0.1, 0.15) is 17.5 Å². The minimum absolute atomic E-state index is 0.0757. The number of amides is 1. The van der Waals surface area contributed by atoms with Crippen molar-refractivity contribution in [2.45, 2.75) is 25.9 Å². The smallest absolute Gasteiger partial charge is 0.241 e. The predicted molar refractivity (Wildman–Crippen MR) is 82.4 cm³/mol. The first-order valence-corrected chi connectivity index (χ1v) is 7.15. The summed E-state index contributed by atoms with van der Waals surface area (Å²) in [6.45, 7) is 3.23. The van der Waals surface area contributed by atoms with Crippen LogP contribution in [0.1, 0.15) is 25.5 Å². The van der Waals surface area contributed by atoms with E-state index in [2.05, 4.69) is 10.6 Å². The van der Waals surface area contributed by atoms with Crippen LogP contribution in [-0.4, -0.2) is 11.9 Å². The molecule has 0 fully saturated rings. The number of benzene rings is 2. The SMILES string of the molecule is C[C@H](N[C@H](C)C(=O)Nc1ccccc1F)c1ccc(F)cc1F. The van der Waals surface area contributed by atoms with Gasteiger partial charge >= 0.3 is 0 Å². The van der Waals surface area contributed by atoms with Crippen molar-refractivity contribution in [2.24, 2.45) is 0 Å². The van der Waals surface area contributed by atoms with Crippen LogP contribution in [0.25, 0.3) is 0 Å². The third-order valence-corrected chi connectivity index (χ3v) is 3.45. The number of halogens is 3. The molecule has 2 N–H and O–H groups in total. The molecule has 1 amide bonds. The quantitative estimate of drug-likeness (QED) is 0.879. The Labute approximate surface area is 132 Å². The highest BCUT2D eigenvalue weighted by Crippen LogP contribution is 2.19. The highest BCUT2D eigenvalue weighted by Gasteiger charge is 2.19. The van der Waals surface area contributed by atoms with Crippen LogP contribution in [0.2, 0.25) is 0 Å². The maximum Gasteiger partial charge on any atom is 0.241 e. The first-order valence-electron chi connectivity index (χ1n) is 7.15. The fraction of sp³-hybridized carbons (Fsp3) is 0.235. The maximum absolute atomic E-state index is 13.7. The fourth-order valence-corrected chi connectivity index (χ4v) is 2.20. The van der Waals surface area contributed by atoms with Gasteiger partial charge in [-0.25, -0.2) is 13.2 Å². The summed E-state index contributed by atoms with van der Waals surface area (Å²) in [6, 6.07) is 7.86. The van der Waals surface area contributed by atoms with Gasteiger partial charge in [0.2, 0.25) is 5.91 Å². The van der Waals surface area contributed by atoms with Crippen LogP contribution in [-0.2, 0) is 4.79 Å². The van der Waals surface area contributed by atoms with Gasteiger partial charge in [0.15, 0.2) is 0 Å². The van der Waals surface area contributed by atoms with Crippen LogP contribution in [0.4, 0.5) is 18.9 Å². The van der Waals surface area contributed by atoms with Crippen molar-refractivity contribution < 1.29 is 18.0 Å². The molecule has 0 spiro atoms. The van der Waals surface area contributed by atoms with E-state index in [-0.39, 0.29) is 11.3 Å². The van der Waals surface area contributed by atoms with Gasteiger partial charge in [-0.15, -0.1) is 0 Å². The third kappa shape index (κ3) is 4.32. The lowest BCUT2D eigenvalue weighted by Crippen LogP contribution is -2.39. The Kier molecular flexibility index (Phi) is 5.39. The maximum atomic E-state index is 13.7. The number of hydrogen-bond donors (Lipinski definition) is 2. The Balaban J connectivity index is 2.01. The number of carbonyl (C=O) groups is 1. The average molecular weight is 322 g/mol. The van der Waals surface area contributed by atoms with Crippen LogP contribution < -0.4 is 10.6 Å². The van der Waals surface area contributed by atoms with Crippen molar-refractivity contribution in [2.75, 3.05) is 5.32 Å². The van der Waals surface area contributed by atoms with Gasteiger partial charge < -0.3 is 5.32 Å². The highest BCUT2D eigenvalue weighted by atomic mass is 19.1. The summed E-state index contributed by atoms with van der Waals surface area (Å²) in [4.78, 5) is 12.1. The second-order valence-corrected chi connectivity index (χ2v) is 5.24. The molecule has 2 aromatic rings. The van der Waals surface area contributed by atoms with Gasteiger partial charge in [-0.3, -0.25) is 10.1 Å². The number of carbonyl (C=O) groups excluding carboxylic acids is 1. The Bertz CT molecular complexity index is 706. The molecule has 0 heterocycles. The summed E-state index contributed by atoms with van der Waals surface area (Å²) >= 11 is 0. The molecule has 23 heavy (non-hydrogen) atoms. The Morgan fingerprint density at radius 2 is 1.70 bits per heavy atom. The monoisotopic (exact) mass is 322 g/mol. The molecular weight excluding hydrogens is 305 g/mol. The van der Waals surface area contributed by atoms with E-state index < -0.39 is 35.4 Å². The summed E-state index contributed by atoms with van der Waals surface area (Å²) in [5.41, 5.74) is 0.323. The number of anilines is 1. The van der Waals surface area contributed by atoms with Crippen molar-refractivity contribution in [1.82, 2.24) is 5.32 Å². The van der Waals surface area contributed by atoms with E-state index in [0.717, 1.165) is 12.1 Å². The fourth-order valence-electron chi connectivity index (χ4n) is 2.20. The van der Waals surface area contributed by atoms with Gasteiger partial charge in [-0.2, -0.15) is 0 Å². The topological polar surface area (TPSA) is 41.1 Å². The predicted octanol–water partition coefficient (Wildman–Crippen LogP) is 3.78. The third-order valence-electron chi connectivity index (χ3n) is 3.45. The summed E-state index contributed by atoms with van der Waals surface area (Å²) < 4.78 is 40.2. The van der Waals surface area contributed by atoms with Crippen molar-refractivity contribution in [3.05, 3.63) is 65.5 Å². The first kappa shape index (κ1) is 17.0. The van der Waals surface area contributed by atoms with E-state index in [0.29, 0.717) is 0 Å². The van der Waals surface area contributed by atoms with Gasteiger partial charge in [0.25, 0.3) is 0 Å². The van der Waals surface area contributed by atoms with Gasteiger partial charge in [-0.05, 0) is 32.0 Å². The molecule has 122 valence electrons. The van der Waals surface area contributed by atoms with Gasteiger partial charge in [-0.1, -0.05) is 18.2 Å². The molecule has 3 nitrogen and oxygen atoms in total. The molecule has 2 rings (SSSR count). The van der Waals surface area contributed by atoms with E-state index >= 15 is 0 Å². The largest absolute Gasteiger partial charge is 0.322 e. The minimum atomic E-state index is -0.700. The number of hydrogen-bond acceptors (Lipinski definition) is 2. The Morgan fingerprint density at radius 3 is 2.35 bits per heavy atom. The minimum Gasteiger partial charge on any atom is -0.322 e. The second kappa shape index (κ2) is 7.28. The zero-order chi connectivity index (χ0) is 17.0. The number of rotatable bonds is 5. The first-order chi connectivity index (χ1) is 10.9. The molecular formula is C17H17F3N2O. The summed E-state index contributed by atoms with van der Waals surface area (Å²) in [5.74, 6) is -2.34. The normalized spacial score (nSPS) is 13.4. The molecule has 6 heteroatoms. The second-order valence-electron chi connectivity index (χ2n) is 5.24. The summed E-state index contributed by atoms with van der Waals surface area (Å²) in [6.07, 6.45) is 0. The Hall–Kier alpha value is -2.34. The zero-order valence-corrected chi connectivity index (χ0v) is 12.7. The number of para-hydroxylation sites is 1. The molecule has 2 aromatic carbocycles. The lowest BCUT2D eigenvalue weighted by atomic mass is 10.1. The summed E-state index contributed by atoms with van der Waals surface area (Å²) in [5, 5.41) is 5.36. The molecule has 2 atom stereocenters. The number of nitrogens with one attached hydrogen (secondary N) is 2. The van der Waals surface area contributed by atoms with Crippen LogP contribution in [0.5, 0.6) is 0 Å². The highest BCUT2D eigenvalue weighted by molar-refractivity contribution is 5.94.